The Kier molecular flexibility index (Phi) is 7.26. The van der Waals surface area contributed by atoms with Crippen LogP contribution in [0.1, 0.15) is 56.1 Å². The summed E-state index contributed by atoms with van der Waals surface area (Å²) in [5.74, 6) is 0.0943. The summed E-state index contributed by atoms with van der Waals surface area (Å²) < 4.78 is 0. The molecule has 0 bridgehead atoms. The molecule has 140 valence electrons. The second-order valence-corrected chi connectivity index (χ2v) is 6.42. The van der Waals surface area contributed by atoms with Crippen LogP contribution in [0.15, 0.2) is 42.5 Å². The van der Waals surface area contributed by atoms with E-state index in [0.29, 0.717) is 0 Å². The Bertz CT molecular complexity index is 713. The van der Waals surface area contributed by atoms with Crippen molar-refractivity contribution in [3.63, 3.8) is 0 Å². The highest BCUT2D eigenvalue weighted by Crippen LogP contribution is 2.24. The second-order valence-electron chi connectivity index (χ2n) is 6.42. The van der Waals surface area contributed by atoms with Crippen molar-refractivity contribution in [2.75, 3.05) is 36.0 Å². The van der Waals surface area contributed by atoms with Gasteiger partial charge in [-0.1, -0.05) is 6.92 Å². The van der Waals surface area contributed by atoms with Crippen LogP contribution in [-0.2, 0) is 6.42 Å². The number of hydrogen-bond donors (Lipinski definition) is 0. The van der Waals surface area contributed by atoms with Crippen LogP contribution in [0.2, 0.25) is 0 Å². The fourth-order valence-electron chi connectivity index (χ4n) is 3.46. The Morgan fingerprint density at radius 3 is 1.77 bits per heavy atom. The van der Waals surface area contributed by atoms with Gasteiger partial charge in [0.25, 0.3) is 0 Å². The number of ketones is 1. The number of benzene rings is 2. The summed E-state index contributed by atoms with van der Waals surface area (Å²) in [6.45, 7) is 14.7. The van der Waals surface area contributed by atoms with Crippen molar-refractivity contribution < 1.29 is 4.79 Å². The molecule has 0 aliphatic carbocycles. The zero-order valence-corrected chi connectivity index (χ0v) is 16.9. The third kappa shape index (κ3) is 4.27. The molecule has 0 unspecified atom stereocenters. The molecule has 3 nitrogen and oxygen atoms in total. The first-order chi connectivity index (χ1) is 12.6. The fourth-order valence-corrected chi connectivity index (χ4v) is 3.46. The molecular formula is C23H32N2O. The van der Waals surface area contributed by atoms with Crippen molar-refractivity contribution in [1.82, 2.24) is 0 Å². The molecule has 0 N–H and O–H groups in total. The molecule has 0 saturated heterocycles. The molecule has 2 aromatic rings. The van der Waals surface area contributed by atoms with Gasteiger partial charge in [-0.15, -0.1) is 0 Å². The van der Waals surface area contributed by atoms with Crippen molar-refractivity contribution in [2.24, 2.45) is 0 Å². The lowest BCUT2D eigenvalue weighted by Crippen LogP contribution is -2.23. The number of hydrogen-bond acceptors (Lipinski definition) is 3. The van der Waals surface area contributed by atoms with Gasteiger partial charge in [0.1, 0.15) is 0 Å². The smallest absolute Gasteiger partial charge is 0.193 e. The molecule has 0 aliphatic heterocycles. The molecular weight excluding hydrogens is 320 g/mol. The van der Waals surface area contributed by atoms with E-state index in [1.54, 1.807) is 0 Å². The molecule has 0 spiro atoms. The molecule has 0 aliphatic rings. The Morgan fingerprint density at radius 1 is 0.731 bits per heavy atom. The Labute approximate surface area is 158 Å². The quantitative estimate of drug-likeness (QED) is 0.582. The standard InChI is InChI=1S/C23H32N2O/c1-6-18-17-20(13-16-22(18)25(9-4)10-5)23(26)19-11-14-21(15-12-19)24(7-2)8-3/h11-17H,6-10H2,1-5H3. The molecule has 0 atom stereocenters. The SMILES string of the molecule is CCc1cc(C(=O)c2ccc(N(CC)CC)cc2)ccc1N(CC)CC. The van der Waals surface area contributed by atoms with Crippen LogP contribution in [0, 0.1) is 0 Å². The summed E-state index contributed by atoms with van der Waals surface area (Å²) >= 11 is 0. The summed E-state index contributed by atoms with van der Waals surface area (Å²) in [5, 5.41) is 0. The van der Waals surface area contributed by atoms with E-state index in [4.69, 9.17) is 0 Å². The second kappa shape index (κ2) is 9.42. The zero-order valence-electron chi connectivity index (χ0n) is 16.9. The van der Waals surface area contributed by atoms with E-state index in [9.17, 15) is 4.79 Å². The average molecular weight is 353 g/mol. The summed E-state index contributed by atoms with van der Waals surface area (Å²) in [4.78, 5) is 17.5. The molecule has 2 aromatic carbocycles. The summed E-state index contributed by atoms with van der Waals surface area (Å²) in [6.07, 6.45) is 0.924. The highest BCUT2D eigenvalue weighted by atomic mass is 16.1. The first-order valence-corrected chi connectivity index (χ1v) is 9.86. The largest absolute Gasteiger partial charge is 0.372 e. The lowest BCUT2D eigenvalue weighted by atomic mass is 9.98. The van der Waals surface area contributed by atoms with Gasteiger partial charge in [0.15, 0.2) is 5.78 Å². The number of nitrogens with zero attached hydrogens (tertiary/aromatic N) is 2. The van der Waals surface area contributed by atoms with Gasteiger partial charge < -0.3 is 9.80 Å². The van der Waals surface area contributed by atoms with Gasteiger partial charge in [0, 0.05) is 48.7 Å². The molecule has 0 fully saturated rings. The van der Waals surface area contributed by atoms with Crippen LogP contribution in [0.5, 0.6) is 0 Å². The van der Waals surface area contributed by atoms with Crippen molar-refractivity contribution >= 4 is 17.2 Å². The first-order valence-electron chi connectivity index (χ1n) is 9.86. The van der Waals surface area contributed by atoms with E-state index in [2.05, 4.69) is 56.6 Å². The van der Waals surface area contributed by atoms with E-state index in [0.717, 1.165) is 49.4 Å². The summed E-state index contributed by atoms with van der Waals surface area (Å²) in [6, 6.07) is 14.1. The molecule has 3 heteroatoms. The normalized spacial score (nSPS) is 10.7. The zero-order chi connectivity index (χ0) is 19.1. The summed E-state index contributed by atoms with van der Waals surface area (Å²) in [7, 11) is 0. The Balaban J connectivity index is 2.29. The Morgan fingerprint density at radius 2 is 1.27 bits per heavy atom. The molecule has 0 radical (unpaired) electrons. The lowest BCUT2D eigenvalue weighted by Gasteiger charge is -2.24. The predicted octanol–water partition coefficient (Wildman–Crippen LogP) is 5.17. The average Bonchev–Trinajstić information content (AvgIpc) is 2.70. The van der Waals surface area contributed by atoms with E-state index in [-0.39, 0.29) is 5.78 Å². The number of carbonyl (C=O) groups excluding carboxylic acids is 1. The van der Waals surface area contributed by atoms with Crippen LogP contribution in [0.4, 0.5) is 11.4 Å². The van der Waals surface area contributed by atoms with E-state index in [1.807, 2.05) is 30.3 Å². The summed E-state index contributed by atoms with van der Waals surface area (Å²) in [5.41, 5.74) is 5.16. The van der Waals surface area contributed by atoms with Gasteiger partial charge in [-0.2, -0.15) is 0 Å². The van der Waals surface area contributed by atoms with Crippen molar-refractivity contribution in [3.05, 3.63) is 59.2 Å². The van der Waals surface area contributed by atoms with Gasteiger partial charge in [0.2, 0.25) is 0 Å². The predicted molar refractivity (Wildman–Crippen MR) is 113 cm³/mol. The van der Waals surface area contributed by atoms with Crippen LogP contribution in [0.25, 0.3) is 0 Å². The van der Waals surface area contributed by atoms with E-state index in [1.165, 1.54) is 11.3 Å². The van der Waals surface area contributed by atoms with Gasteiger partial charge in [-0.3, -0.25) is 4.79 Å². The fraction of sp³-hybridized carbons (Fsp3) is 0.435. The molecule has 0 aromatic heterocycles. The minimum atomic E-state index is 0.0943. The highest BCUT2D eigenvalue weighted by Gasteiger charge is 2.14. The minimum absolute atomic E-state index is 0.0943. The number of carbonyl (C=O) groups is 1. The lowest BCUT2D eigenvalue weighted by molar-refractivity contribution is 0.103. The topological polar surface area (TPSA) is 23.6 Å². The van der Waals surface area contributed by atoms with Gasteiger partial charge >= 0.3 is 0 Å². The van der Waals surface area contributed by atoms with Crippen molar-refractivity contribution in [1.29, 1.82) is 0 Å². The van der Waals surface area contributed by atoms with Crippen LogP contribution >= 0.6 is 0 Å². The Hall–Kier alpha value is -2.29. The maximum atomic E-state index is 12.9. The van der Waals surface area contributed by atoms with Crippen LogP contribution < -0.4 is 9.80 Å². The van der Waals surface area contributed by atoms with Crippen molar-refractivity contribution in [2.45, 2.75) is 41.0 Å². The third-order valence-corrected chi connectivity index (χ3v) is 5.08. The van der Waals surface area contributed by atoms with E-state index < -0.39 is 0 Å². The van der Waals surface area contributed by atoms with Crippen LogP contribution in [-0.4, -0.2) is 32.0 Å². The number of aryl methyl sites for hydroxylation is 1. The molecule has 0 heterocycles. The minimum Gasteiger partial charge on any atom is -0.372 e. The van der Waals surface area contributed by atoms with Crippen molar-refractivity contribution in [3.8, 4) is 0 Å². The maximum absolute atomic E-state index is 12.9. The first kappa shape index (κ1) is 20.0. The van der Waals surface area contributed by atoms with Gasteiger partial charge in [-0.25, -0.2) is 0 Å². The highest BCUT2D eigenvalue weighted by molar-refractivity contribution is 6.09. The number of rotatable bonds is 9. The van der Waals surface area contributed by atoms with Gasteiger partial charge in [0.05, 0.1) is 0 Å². The van der Waals surface area contributed by atoms with E-state index >= 15 is 0 Å². The molecule has 26 heavy (non-hydrogen) atoms. The maximum Gasteiger partial charge on any atom is 0.193 e. The number of anilines is 2. The molecule has 0 saturated carbocycles. The molecule has 2 rings (SSSR count). The van der Waals surface area contributed by atoms with Crippen LogP contribution in [0.3, 0.4) is 0 Å². The third-order valence-electron chi connectivity index (χ3n) is 5.08. The van der Waals surface area contributed by atoms with Gasteiger partial charge in [-0.05, 0) is 82.1 Å². The monoisotopic (exact) mass is 352 g/mol. The molecule has 0 amide bonds.